The molecule has 0 aliphatic heterocycles. The molecule has 2 heterocycles. The summed E-state index contributed by atoms with van der Waals surface area (Å²) in [5.74, 6) is 1.60. The molecule has 0 saturated carbocycles. The van der Waals surface area contributed by atoms with Gasteiger partial charge < -0.3 is 5.32 Å². The van der Waals surface area contributed by atoms with Crippen molar-refractivity contribution in [1.82, 2.24) is 9.97 Å². The zero-order valence-corrected chi connectivity index (χ0v) is 13.2. The highest BCUT2D eigenvalue weighted by Crippen LogP contribution is 2.30. The van der Waals surface area contributed by atoms with Crippen molar-refractivity contribution < 1.29 is 0 Å². The number of halogens is 1. The van der Waals surface area contributed by atoms with Gasteiger partial charge in [0, 0.05) is 23.4 Å². The fraction of sp³-hybridized carbons (Fsp3) is 0.429. The van der Waals surface area contributed by atoms with Crippen molar-refractivity contribution >= 4 is 28.8 Å². The molecule has 1 N–H and O–H groups in total. The highest BCUT2D eigenvalue weighted by Gasteiger charge is 2.19. The van der Waals surface area contributed by atoms with E-state index in [9.17, 15) is 0 Å². The Kier molecular flexibility index (Phi) is 4.11. The Bertz CT molecular complexity index is 572. The normalized spacial score (nSPS) is 11.6. The van der Waals surface area contributed by atoms with Crippen LogP contribution in [0.25, 0.3) is 10.7 Å². The van der Waals surface area contributed by atoms with Gasteiger partial charge in [0.2, 0.25) is 0 Å². The van der Waals surface area contributed by atoms with Crippen molar-refractivity contribution in [2.75, 3.05) is 11.9 Å². The second-order valence-corrected chi connectivity index (χ2v) is 6.72. The maximum Gasteiger partial charge on any atom is 0.171 e. The molecule has 0 radical (unpaired) electrons. The van der Waals surface area contributed by atoms with Gasteiger partial charge >= 0.3 is 0 Å². The lowest BCUT2D eigenvalue weighted by molar-refractivity contribution is 0.568. The molecule has 102 valence electrons. The molecule has 0 aliphatic carbocycles. The van der Waals surface area contributed by atoms with E-state index in [0.717, 1.165) is 33.8 Å². The third-order valence-electron chi connectivity index (χ3n) is 2.64. The summed E-state index contributed by atoms with van der Waals surface area (Å²) in [5.41, 5.74) is 1.01. The summed E-state index contributed by atoms with van der Waals surface area (Å²) in [6, 6.07) is 3.92. The molecule has 2 aromatic heterocycles. The van der Waals surface area contributed by atoms with Gasteiger partial charge in [0.05, 0.1) is 15.6 Å². The third kappa shape index (κ3) is 3.45. The molecule has 3 nitrogen and oxygen atoms in total. The molecule has 0 bridgehead atoms. The summed E-state index contributed by atoms with van der Waals surface area (Å²) in [6.07, 6.45) is 0. The van der Waals surface area contributed by atoms with Gasteiger partial charge in [-0.25, -0.2) is 9.97 Å². The van der Waals surface area contributed by atoms with Crippen molar-refractivity contribution in [1.29, 1.82) is 0 Å². The van der Waals surface area contributed by atoms with Gasteiger partial charge in [0.15, 0.2) is 5.82 Å². The molecule has 5 heteroatoms. The van der Waals surface area contributed by atoms with Crippen molar-refractivity contribution in [3.63, 3.8) is 0 Å². The lowest BCUT2D eigenvalue weighted by Gasteiger charge is -2.19. The lowest BCUT2D eigenvalue weighted by atomic mass is 9.92. The van der Waals surface area contributed by atoms with Crippen LogP contribution in [0.1, 0.15) is 33.4 Å². The molecule has 2 aromatic rings. The van der Waals surface area contributed by atoms with E-state index in [2.05, 4.69) is 43.0 Å². The quantitative estimate of drug-likeness (QED) is 0.900. The van der Waals surface area contributed by atoms with Gasteiger partial charge in [0.1, 0.15) is 5.82 Å². The van der Waals surface area contributed by atoms with E-state index in [1.807, 2.05) is 17.5 Å². The van der Waals surface area contributed by atoms with Crippen LogP contribution >= 0.6 is 22.9 Å². The van der Waals surface area contributed by atoms with Crippen LogP contribution in [0.4, 0.5) is 5.82 Å². The zero-order chi connectivity index (χ0) is 14.0. The van der Waals surface area contributed by atoms with Crippen molar-refractivity contribution in [2.24, 2.45) is 0 Å². The first-order chi connectivity index (χ1) is 8.90. The molecule has 0 amide bonds. The summed E-state index contributed by atoms with van der Waals surface area (Å²) >= 11 is 7.54. The molecule has 0 aliphatic rings. The molecule has 0 aromatic carbocycles. The van der Waals surface area contributed by atoms with E-state index < -0.39 is 0 Å². The maximum absolute atomic E-state index is 5.98. The first kappa shape index (κ1) is 14.3. The van der Waals surface area contributed by atoms with E-state index in [0.29, 0.717) is 0 Å². The Hall–Kier alpha value is -1.13. The number of aromatic nitrogens is 2. The number of nitrogens with one attached hydrogen (secondary N) is 1. The van der Waals surface area contributed by atoms with Crippen LogP contribution < -0.4 is 5.32 Å². The van der Waals surface area contributed by atoms with Crippen LogP contribution in [0.15, 0.2) is 17.5 Å². The molecule has 0 unspecified atom stereocenters. The Morgan fingerprint density at radius 1 is 1.26 bits per heavy atom. The van der Waals surface area contributed by atoms with Crippen LogP contribution in [0.5, 0.6) is 0 Å². The smallest absolute Gasteiger partial charge is 0.171 e. The topological polar surface area (TPSA) is 37.8 Å². The van der Waals surface area contributed by atoms with Crippen LogP contribution in [0.2, 0.25) is 5.02 Å². The minimum atomic E-state index is -0.0110. The molecule has 0 atom stereocenters. The first-order valence-electron chi connectivity index (χ1n) is 6.28. The minimum absolute atomic E-state index is 0.0110. The van der Waals surface area contributed by atoms with E-state index in [-0.39, 0.29) is 5.41 Å². The number of nitrogens with zero attached hydrogens (tertiary/aromatic N) is 2. The van der Waals surface area contributed by atoms with Gasteiger partial charge in [-0.1, -0.05) is 32.4 Å². The van der Waals surface area contributed by atoms with E-state index in [1.165, 1.54) is 0 Å². The van der Waals surface area contributed by atoms with Crippen LogP contribution in [-0.2, 0) is 5.41 Å². The van der Waals surface area contributed by atoms with Crippen LogP contribution in [0, 0.1) is 0 Å². The van der Waals surface area contributed by atoms with Gasteiger partial charge in [-0.15, -0.1) is 11.3 Å². The van der Waals surface area contributed by atoms with Crippen molar-refractivity contribution in [3.05, 3.63) is 28.2 Å². The second-order valence-electron chi connectivity index (χ2n) is 5.37. The predicted molar refractivity (Wildman–Crippen MR) is 83.2 cm³/mol. The standard InChI is InChI=1S/C14H18ClN3S/c1-5-16-12-7-11(14(2,3)4)17-13(18-12)10-6-9(15)8-19-10/h6-8H,5H2,1-4H3,(H,16,17,18). The minimum Gasteiger partial charge on any atom is -0.370 e. The van der Waals surface area contributed by atoms with Crippen molar-refractivity contribution in [2.45, 2.75) is 33.1 Å². The summed E-state index contributed by atoms with van der Waals surface area (Å²) in [7, 11) is 0. The number of thiophene rings is 1. The SMILES string of the molecule is CCNc1cc(C(C)(C)C)nc(-c2cc(Cl)cs2)n1. The maximum atomic E-state index is 5.98. The lowest BCUT2D eigenvalue weighted by Crippen LogP contribution is -2.15. The monoisotopic (exact) mass is 295 g/mol. The van der Waals surface area contributed by atoms with Gasteiger partial charge in [-0.2, -0.15) is 0 Å². The first-order valence-corrected chi connectivity index (χ1v) is 7.53. The second kappa shape index (κ2) is 5.47. The predicted octanol–water partition coefficient (Wildman–Crippen LogP) is 4.59. The van der Waals surface area contributed by atoms with Crippen molar-refractivity contribution in [3.8, 4) is 10.7 Å². The Labute approximate surface area is 123 Å². The fourth-order valence-corrected chi connectivity index (χ4v) is 2.65. The fourth-order valence-electron chi connectivity index (χ4n) is 1.64. The summed E-state index contributed by atoms with van der Waals surface area (Å²) in [5, 5.41) is 5.89. The number of anilines is 1. The van der Waals surface area contributed by atoms with E-state index in [4.69, 9.17) is 11.6 Å². The average Bonchev–Trinajstić information content (AvgIpc) is 2.75. The van der Waals surface area contributed by atoms with Crippen LogP contribution in [-0.4, -0.2) is 16.5 Å². The highest BCUT2D eigenvalue weighted by atomic mass is 35.5. The molecule has 19 heavy (non-hydrogen) atoms. The summed E-state index contributed by atoms with van der Waals surface area (Å²) < 4.78 is 0. The number of hydrogen-bond acceptors (Lipinski definition) is 4. The van der Waals surface area contributed by atoms with E-state index >= 15 is 0 Å². The molecular weight excluding hydrogens is 278 g/mol. The summed E-state index contributed by atoms with van der Waals surface area (Å²) in [4.78, 5) is 10.2. The van der Waals surface area contributed by atoms with Gasteiger partial charge in [-0.3, -0.25) is 0 Å². The zero-order valence-electron chi connectivity index (χ0n) is 11.6. The Balaban J connectivity index is 2.51. The molecular formula is C14H18ClN3S. The average molecular weight is 296 g/mol. The van der Waals surface area contributed by atoms with Gasteiger partial charge in [0.25, 0.3) is 0 Å². The largest absolute Gasteiger partial charge is 0.370 e. The molecule has 0 saturated heterocycles. The Morgan fingerprint density at radius 3 is 2.53 bits per heavy atom. The highest BCUT2D eigenvalue weighted by molar-refractivity contribution is 7.14. The van der Waals surface area contributed by atoms with Crippen LogP contribution in [0.3, 0.4) is 0 Å². The third-order valence-corrected chi connectivity index (χ3v) is 3.91. The van der Waals surface area contributed by atoms with E-state index in [1.54, 1.807) is 11.3 Å². The molecule has 2 rings (SSSR count). The number of hydrogen-bond donors (Lipinski definition) is 1. The van der Waals surface area contributed by atoms with Gasteiger partial charge in [-0.05, 0) is 13.0 Å². The summed E-state index contributed by atoms with van der Waals surface area (Å²) in [6.45, 7) is 9.34. The molecule has 0 fully saturated rings. The Morgan fingerprint density at radius 2 is 2.00 bits per heavy atom. The number of rotatable bonds is 3. The molecule has 0 spiro atoms.